The van der Waals surface area contributed by atoms with Crippen molar-refractivity contribution in [3.05, 3.63) is 35.9 Å². The maximum absolute atomic E-state index is 13.0. The van der Waals surface area contributed by atoms with Crippen molar-refractivity contribution in [2.75, 3.05) is 26.2 Å². The summed E-state index contributed by atoms with van der Waals surface area (Å²) >= 11 is 0. The minimum Gasteiger partial charge on any atom is -0.393 e. The fraction of sp³-hybridized carbons (Fsp3) is 0.609. The second-order valence-electron chi connectivity index (χ2n) is 8.01. The van der Waals surface area contributed by atoms with Gasteiger partial charge >= 0.3 is 0 Å². The molecule has 2 fully saturated rings. The number of benzene rings is 1. The summed E-state index contributed by atoms with van der Waals surface area (Å²) in [4.78, 5) is 15.2. The molecule has 0 radical (unpaired) electrons. The second-order valence-corrected chi connectivity index (χ2v) is 8.01. The lowest BCUT2D eigenvalue weighted by molar-refractivity contribution is -0.149. The number of nitrogens with zero attached hydrogens (tertiary/aromatic N) is 1. The van der Waals surface area contributed by atoms with E-state index in [0.717, 1.165) is 51.6 Å². The summed E-state index contributed by atoms with van der Waals surface area (Å²) in [5.74, 6) is 5.69. The van der Waals surface area contributed by atoms with Crippen molar-refractivity contribution >= 4 is 18.3 Å². The first-order valence-electron chi connectivity index (χ1n) is 10.5. The molecule has 1 amide bonds. The molecule has 1 aromatic carbocycles. The second kappa shape index (κ2) is 11.6. The number of aliphatic hydroxyl groups excluding tert-OH is 1. The Morgan fingerprint density at radius 2 is 1.72 bits per heavy atom. The highest BCUT2D eigenvalue weighted by Crippen LogP contribution is 2.39. The molecule has 1 aliphatic carbocycles. The Kier molecular flexibility index (Phi) is 9.45. The van der Waals surface area contributed by atoms with Crippen LogP contribution in [0.2, 0.25) is 0 Å². The monoisotopic (exact) mass is 420 g/mol. The number of aliphatic hydroxyl groups is 2. The van der Waals surface area contributed by atoms with E-state index in [-0.39, 0.29) is 36.9 Å². The molecule has 3 N–H and O–H groups in total. The van der Waals surface area contributed by atoms with E-state index >= 15 is 0 Å². The van der Waals surface area contributed by atoms with Crippen LogP contribution in [0.15, 0.2) is 30.3 Å². The molecule has 5 nitrogen and oxygen atoms in total. The van der Waals surface area contributed by atoms with Crippen LogP contribution < -0.4 is 5.32 Å². The minimum absolute atomic E-state index is 0. The van der Waals surface area contributed by atoms with E-state index in [0.29, 0.717) is 12.1 Å². The molecule has 6 heteroatoms. The van der Waals surface area contributed by atoms with E-state index in [1.54, 1.807) is 0 Å². The zero-order chi connectivity index (χ0) is 19.8. The van der Waals surface area contributed by atoms with Gasteiger partial charge in [0, 0.05) is 19.0 Å². The Hall–Kier alpha value is -1.58. The Labute approximate surface area is 180 Å². The minimum atomic E-state index is -1.49. The summed E-state index contributed by atoms with van der Waals surface area (Å²) in [6.07, 6.45) is 6.42. The predicted molar refractivity (Wildman–Crippen MR) is 117 cm³/mol. The van der Waals surface area contributed by atoms with Crippen LogP contribution in [0.5, 0.6) is 0 Å². The molecule has 160 valence electrons. The highest BCUT2D eigenvalue weighted by Gasteiger charge is 2.45. The summed E-state index contributed by atoms with van der Waals surface area (Å²) in [5.41, 5.74) is -0.828. The van der Waals surface area contributed by atoms with Gasteiger partial charge in [-0.1, -0.05) is 61.4 Å². The standard InChI is InChI=1S/C23H32N2O3.ClH/c26-21-13-17-25(18-14-21)16-8-7-15-24-22(27)23(28,19-9-3-1-4-10-19)20-11-5-2-6-12-20;/h1,3-4,9-10,20-21,26,28H,2,5-6,11-18H2,(H,24,27);1H. The molecule has 1 saturated heterocycles. The molecule has 29 heavy (non-hydrogen) atoms. The summed E-state index contributed by atoms with van der Waals surface area (Å²) in [6, 6.07) is 9.31. The highest BCUT2D eigenvalue weighted by atomic mass is 35.5. The Morgan fingerprint density at radius 1 is 1.07 bits per heavy atom. The predicted octanol–water partition coefficient (Wildman–Crippen LogP) is 2.45. The number of nitrogens with one attached hydrogen (secondary N) is 1. The van der Waals surface area contributed by atoms with Crippen molar-refractivity contribution in [1.82, 2.24) is 10.2 Å². The molecule has 1 unspecified atom stereocenters. The van der Waals surface area contributed by atoms with Gasteiger partial charge in [0.05, 0.1) is 19.2 Å². The van der Waals surface area contributed by atoms with Crippen molar-refractivity contribution < 1.29 is 15.0 Å². The Bertz CT molecular complexity index is 689. The van der Waals surface area contributed by atoms with Gasteiger partial charge in [0.1, 0.15) is 0 Å². The summed E-state index contributed by atoms with van der Waals surface area (Å²) in [7, 11) is 0. The molecule has 0 spiro atoms. The summed E-state index contributed by atoms with van der Waals surface area (Å²) in [6.45, 7) is 2.60. The SMILES string of the molecule is Cl.O=C(NCC#CCN1CCC(O)CC1)C(O)(c1ccccc1)C1CCCCC1. The van der Waals surface area contributed by atoms with Crippen molar-refractivity contribution in [2.45, 2.75) is 56.7 Å². The van der Waals surface area contributed by atoms with E-state index < -0.39 is 5.60 Å². The summed E-state index contributed by atoms with van der Waals surface area (Å²) in [5, 5.41) is 23.9. The van der Waals surface area contributed by atoms with Gasteiger partial charge in [-0.15, -0.1) is 12.4 Å². The molecule has 0 bridgehead atoms. The van der Waals surface area contributed by atoms with Crippen LogP contribution in [0.25, 0.3) is 0 Å². The number of halogens is 1. The van der Waals surface area contributed by atoms with Crippen LogP contribution >= 0.6 is 12.4 Å². The van der Waals surface area contributed by atoms with Crippen molar-refractivity contribution in [3.8, 4) is 11.8 Å². The topological polar surface area (TPSA) is 72.8 Å². The smallest absolute Gasteiger partial charge is 0.257 e. The maximum Gasteiger partial charge on any atom is 0.257 e. The Balaban J connectivity index is 0.00000300. The lowest BCUT2D eigenvalue weighted by Crippen LogP contribution is -2.50. The van der Waals surface area contributed by atoms with E-state index in [1.807, 2.05) is 30.3 Å². The van der Waals surface area contributed by atoms with E-state index in [9.17, 15) is 15.0 Å². The first-order valence-corrected chi connectivity index (χ1v) is 10.5. The van der Waals surface area contributed by atoms with Gasteiger partial charge in [-0.25, -0.2) is 0 Å². The number of carbonyl (C=O) groups is 1. The van der Waals surface area contributed by atoms with E-state index in [4.69, 9.17) is 0 Å². The number of likely N-dealkylation sites (tertiary alicyclic amines) is 1. The van der Waals surface area contributed by atoms with Gasteiger partial charge < -0.3 is 15.5 Å². The van der Waals surface area contributed by atoms with Gasteiger partial charge in [-0.2, -0.15) is 0 Å². The number of piperidine rings is 1. The molecule has 1 saturated carbocycles. The molecular weight excluding hydrogens is 388 g/mol. The van der Waals surface area contributed by atoms with Gasteiger partial charge in [0.25, 0.3) is 5.91 Å². The number of rotatable bonds is 5. The van der Waals surface area contributed by atoms with E-state index in [2.05, 4.69) is 22.1 Å². The van der Waals surface area contributed by atoms with Gasteiger partial charge in [0.15, 0.2) is 5.60 Å². The van der Waals surface area contributed by atoms with Crippen LogP contribution in [0.1, 0.15) is 50.5 Å². The summed E-state index contributed by atoms with van der Waals surface area (Å²) < 4.78 is 0. The van der Waals surface area contributed by atoms with Gasteiger partial charge in [-0.3, -0.25) is 9.69 Å². The maximum atomic E-state index is 13.0. The number of hydrogen-bond donors (Lipinski definition) is 3. The fourth-order valence-electron chi connectivity index (χ4n) is 4.33. The molecule has 2 aliphatic rings. The number of amides is 1. The van der Waals surface area contributed by atoms with Gasteiger partial charge in [-0.05, 0) is 31.2 Å². The lowest BCUT2D eigenvalue weighted by atomic mass is 9.73. The molecular formula is C23H33ClN2O3. The third kappa shape index (κ3) is 6.20. The fourth-order valence-corrected chi connectivity index (χ4v) is 4.33. The quantitative estimate of drug-likeness (QED) is 0.640. The molecule has 3 rings (SSSR count). The average molecular weight is 421 g/mol. The first-order chi connectivity index (χ1) is 13.6. The molecule has 1 aromatic rings. The van der Waals surface area contributed by atoms with E-state index in [1.165, 1.54) is 6.42 Å². The number of hydrogen-bond acceptors (Lipinski definition) is 4. The zero-order valence-electron chi connectivity index (χ0n) is 17.0. The molecule has 1 atom stereocenters. The Morgan fingerprint density at radius 3 is 2.38 bits per heavy atom. The average Bonchev–Trinajstić information content (AvgIpc) is 2.75. The molecule has 0 aromatic heterocycles. The number of carbonyl (C=O) groups excluding carboxylic acids is 1. The van der Waals surface area contributed by atoms with Crippen LogP contribution in [0, 0.1) is 17.8 Å². The van der Waals surface area contributed by atoms with Crippen molar-refractivity contribution in [3.63, 3.8) is 0 Å². The van der Waals surface area contributed by atoms with Crippen molar-refractivity contribution in [2.24, 2.45) is 5.92 Å². The van der Waals surface area contributed by atoms with Gasteiger partial charge in [0.2, 0.25) is 0 Å². The van der Waals surface area contributed by atoms with Crippen molar-refractivity contribution in [1.29, 1.82) is 0 Å². The normalized spacial score (nSPS) is 20.6. The van der Waals surface area contributed by atoms with Crippen LogP contribution in [-0.4, -0.2) is 53.3 Å². The lowest BCUT2D eigenvalue weighted by Gasteiger charge is -2.37. The van der Waals surface area contributed by atoms with Crippen LogP contribution in [-0.2, 0) is 10.4 Å². The molecule has 1 heterocycles. The molecule has 1 aliphatic heterocycles. The zero-order valence-corrected chi connectivity index (χ0v) is 17.8. The highest BCUT2D eigenvalue weighted by molar-refractivity contribution is 5.87. The first kappa shape index (κ1) is 23.7. The van der Waals surface area contributed by atoms with Crippen LogP contribution in [0.4, 0.5) is 0 Å². The third-order valence-corrected chi connectivity index (χ3v) is 6.08. The van der Waals surface area contributed by atoms with Crippen LogP contribution in [0.3, 0.4) is 0 Å². The third-order valence-electron chi connectivity index (χ3n) is 6.08. The largest absolute Gasteiger partial charge is 0.393 e.